The van der Waals surface area contributed by atoms with Crippen LogP contribution >= 0.6 is 12.4 Å². The molecule has 0 radical (unpaired) electrons. The van der Waals surface area contributed by atoms with Gasteiger partial charge in [0.2, 0.25) is 0 Å². The Bertz CT molecular complexity index is 399. The van der Waals surface area contributed by atoms with Crippen LogP contribution in [-0.2, 0) is 0 Å². The molecule has 0 unspecified atom stereocenters. The van der Waals surface area contributed by atoms with Gasteiger partial charge in [-0.3, -0.25) is 0 Å². The van der Waals surface area contributed by atoms with Crippen LogP contribution < -0.4 is 11.5 Å². The predicted molar refractivity (Wildman–Crippen MR) is 72.1 cm³/mol. The number of aromatic carboxylic acids is 1. The van der Waals surface area contributed by atoms with Crippen molar-refractivity contribution in [3.63, 3.8) is 0 Å². The first-order valence-electron chi connectivity index (χ1n) is 5.58. The standard InChI is InChI=1S/C12H18N2O3.ClH/c13-6-2-1-3-10(14)8-4-5-11(15)9(7-8)12(16)17;/h4-5,7,10,15H,1-3,6,13-14H2,(H,16,17);1H/t10-;/m0./s1. The molecule has 102 valence electrons. The summed E-state index contributed by atoms with van der Waals surface area (Å²) in [6.07, 6.45) is 2.56. The Labute approximate surface area is 112 Å². The minimum Gasteiger partial charge on any atom is -0.507 e. The number of carbonyl (C=O) groups is 1. The van der Waals surface area contributed by atoms with Crippen LogP contribution in [0.1, 0.15) is 41.2 Å². The number of hydrogen-bond acceptors (Lipinski definition) is 4. The minimum atomic E-state index is -1.15. The molecule has 0 saturated heterocycles. The topological polar surface area (TPSA) is 110 Å². The van der Waals surface area contributed by atoms with Crippen molar-refractivity contribution in [1.82, 2.24) is 0 Å². The van der Waals surface area contributed by atoms with E-state index in [9.17, 15) is 9.90 Å². The number of carboxylic acid groups (broad SMARTS) is 1. The van der Waals surface area contributed by atoms with Gasteiger partial charge in [-0.25, -0.2) is 4.79 Å². The highest BCUT2D eigenvalue weighted by atomic mass is 35.5. The van der Waals surface area contributed by atoms with Gasteiger partial charge in [0.15, 0.2) is 0 Å². The van der Waals surface area contributed by atoms with Crippen molar-refractivity contribution in [2.45, 2.75) is 25.3 Å². The highest BCUT2D eigenvalue weighted by molar-refractivity contribution is 5.90. The first kappa shape index (κ1) is 16.7. The molecule has 0 aromatic heterocycles. The second-order valence-corrected chi connectivity index (χ2v) is 3.97. The van der Waals surface area contributed by atoms with Gasteiger partial charge in [-0.1, -0.05) is 12.5 Å². The van der Waals surface area contributed by atoms with Gasteiger partial charge in [0.1, 0.15) is 11.3 Å². The molecule has 0 aliphatic carbocycles. The third kappa shape index (κ3) is 4.52. The fourth-order valence-corrected chi connectivity index (χ4v) is 1.63. The van der Waals surface area contributed by atoms with Crippen molar-refractivity contribution in [2.24, 2.45) is 11.5 Å². The van der Waals surface area contributed by atoms with Gasteiger partial charge in [0, 0.05) is 6.04 Å². The Morgan fingerprint density at radius 1 is 1.33 bits per heavy atom. The molecular weight excluding hydrogens is 256 g/mol. The van der Waals surface area contributed by atoms with Gasteiger partial charge in [0.25, 0.3) is 0 Å². The molecule has 1 aromatic rings. The summed E-state index contributed by atoms with van der Waals surface area (Å²) in [7, 11) is 0. The zero-order chi connectivity index (χ0) is 12.8. The number of carboxylic acids is 1. The smallest absolute Gasteiger partial charge is 0.339 e. The molecule has 0 aliphatic heterocycles. The molecule has 0 aliphatic rings. The van der Waals surface area contributed by atoms with Crippen LogP contribution in [0, 0.1) is 0 Å². The van der Waals surface area contributed by atoms with Crippen molar-refractivity contribution in [2.75, 3.05) is 6.54 Å². The molecule has 1 rings (SSSR count). The lowest BCUT2D eigenvalue weighted by Crippen LogP contribution is -2.12. The SMILES string of the molecule is Cl.NCCCC[C@H](N)c1ccc(O)c(C(=O)O)c1. The molecule has 5 nitrogen and oxygen atoms in total. The molecule has 0 spiro atoms. The number of nitrogens with two attached hydrogens (primary N) is 2. The van der Waals surface area contributed by atoms with Gasteiger partial charge in [-0.2, -0.15) is 0 Å². The summed E-state index contributed by atoms with van der Waals surface area (Å²) in [6.45, 7) is 0.628. The van der Waals surface area contributed by atoms with E-state index in [1.165, 1.54) is 12.1 Å². The molecule has 0 bridgehead atoms. The second kappa shape index (κ2) is 7.92. The van der Waals surface area contributed by atoms with Gasteiger partial charge in [0.05, 0.1) is 0 Å². The van der Waals surface area contributed by atoms with E-state index in [1.807, 2.05) is 0 Å². The third-order valence-corrected chi connectivity index (χ3v) is 2.65. The Balaban J connectivity index is 0.00000289. The van der Waals surface area contributed by atoms with Crippen molar-refractivity contribution in [1.29, 1.82) is 0 Å². The zero-order valence-corrected chi connectivity index (χ0v) is 10.8. The van der Waals surface area contributed by atoms with E-state index >= 15 is 0 Å². The lowest BCUT2D eigenvalue weighted by atomic mass is 9.99. The van der Waals surface area contributed by atoms with Gasteiger partial charge < -0.3 is 21.7 Å². The second-order valence-electron chi connectivity index (χ2n) is 3.97. The lowest BCUT2D eigenvalue weighted by molar-refractivity contribution is 0.0693. The van der Waals surface area contributed by atoms with Crippen LogP contribution in [0.2, 0.25) is 0 Å². The highest BCUT2D eigenvalue weighted by Gasteiger charge is 2.13. The molecule has 18 heavy (non-hydrogen) atoms. The van der Waals surface area contributed by atoms with E-state index in [4.69, 9.17) is 16.6 Å². The molecule has 0 fully saturated rings. The summed E-state index contributed by atoms with van der Waals surface area (Å²) in [4.78, 5) is 10.8. The maximum atomic E-state index is 10.8. The summed E-state index contributed by atoms with van der Waals surface area (Å²) in [6, 6.07) is 4.21. The number of phenols is 1. The first-order chi connectivity index (χ1) is 8.06. The monoisotopic (exact) mass is 274 g/mol. The van der Waals surface area contributed by atoms with Crippen LogP contribution in [-0.4, -0.2) is 22.7 Å². The maximum absolute atomic E-state index is 10.8. The Kier molecular flexibility index (Phi) is 7.35. The molecule has 0 saturated carbocycles. The lowest BCUT2D eigenvalue weighted by Gasteiger charge is -2.12. The van der Waals surface area contributed by atoms with Crippen LogP contribution in [0.15, 0.2) is 18.2 Å². The number of halogens is 1. The highest BCUT2D eigenvalue weighted by Crippen LogP contribution is 2.23. The molecule has 1 atom stereocenters. The van der Waals surface area contributed by atoms with Gasteiger partial charge in [-0.05, 0) is 37.1 Å². The predicted octanol–water partition coefficient (Wildman–Crippen LogP) is 1.64. The number of hydrogen-bond donors (Lipinski definition) is 4. The largest absolute Gasteiger partial charge is 0.507 e. The third-order valence-electron chi connectivity index (χ3n) is 2.65. The average Bonchev–Trinajstić information content (AvgIpc) is 2.29. The van der Waals surface area contributed by atoms with Gasteiger partial charge >= 0.3 is 5.97 Å². The van der Waals surface area contributed by atoms with E-state index in [2.05, 4.69) is 0 Å². The molecule has 0 heterocycles. The summed E-state index contributed by atoms with van der Waals surface area (Å²) in [5.41, 5.74) is 11.9. The Morgan fingerprint density at radius 3 is 2.56 bits per heavy atom. The maximum Gasteiger partial charge on any atom is 0.339 e. The minimum absolute atomic E-state index is 0. The van der Waals surface area contributed by atoms with E-state index < -0.39 is 5.97 Å². The van der Waals surface area contributed by atoms with Crippen LogP contribution in [0.4, 0.5) is 0 Å². The van der Waals surface area contributed by atoms with Crippen LogP contribution in [0.25, 0.3) is 0 Å². The molecule has 6 heteroatoms. The number of benzene rings is 1. The van der Waals surface area contributed by atoms with Crippen molar-refractivity contribution >= 4 is 18.4 Å². The average molecular weight is 275 g/mol. The summed E-state index contributed by atoms with van der Waals surface area (Å²) < 4.78 is 0. The fraction of sp³-hybridized carbons (Fsp3) is 0.417. The normalized spacial score (nSPS) is 11.7. The van der Waals surface area contributed by atoms with E-state index in [0.29, 0.717) is 6.54 Å². The number of rotatable bonds is 6. The Morgan fingerprint density at radius 2 is 2.00 bits per heavy atom. The van der Waals surface area contributed by atoms with Crippen molar-refractivity contribution in [3.8, 4) is 5.75 Å². The van der Waals surface area contributed by atoms with E-state index in [-0.39, 0.29) is 29.8 Å². The summed E-state index contributed by atoms with van der Waals surface area (Å²) in [5.74, 6) is -1.39. The van der Waals surface area contributed by atoms with Gasteiger partial charge in [-0.15, -0.1) is 12.4 Å². The molecule has 1 aromatic carbocycles. The van der Waals surface area contributed by atoms with Crippen LogP contribution in [0.5, 0.6) is 5.75 Å². The van der Waals surface area contributed by atoms with Crippen molar-refractivity contribution < 1.29 is 15.0 Å². The number of aromatic hydroxyl groups is 1. The summed E-state index contributed by atoms with van der Waals surface area (Å²) in [5, 5.41) is 18.2. The summed E-state index contributed by atoms with van der Waals surface area (Å²) >= 11 is 0. The molecular formula is C12H19ClN2O3. The van der Waals surface area contributed by atoms with E-state index in [1.54, 1.807) is 6.07 Å². The molecule has 0 amide bonds. The molecule has 6 N–H and O–H groups in total. The fourth-order valence-electron chi connectivity index (χ4n) is 1.63. The van der Waals surface area contributed by atoms with Crippen LogP contribution in [0.3, 0.4) is 0 Å². The quantitative estimate of drug-likeness (QED) is 0.590. The van der Waals surface area contributed by atoms with E-state index in [0.717, 1.165) is 24.8 Å². The first-order valence-corrected chi connectivity index (χ1v) is 5.58. The number of unbranched alkanes of at least 4 members (excludes halogenated alkanes) is 1. The van der Waals surface area contributed by atoms with Crippen molar-refractivity contribution in [3.05, 3.63) is 29.3 Å². The zero-order valence-electron chi connectivity index (χ0n) is 10.0. The Hall–Kier alpha value is -1.30.